The molecule has 0 aliphatic carbocycles. The molecule has 0 radical (unpaired) electrons. The molecule has 1 N–H and O–H groups in total. The summed E-state index contributed by atoms with van der Waals surface area (Å²) in [6.45, 7) is 6.93. The highest BCUT2D eigenvalue weighted by Gasteiger charge is 2.32. The summed E-state index contributed by atoms with van der Waals surface area (Å²) < 4.78 is 0. The Labute approximate surface area is 122 Å². The van der Waals surface area contributed by atoms with Crippen molar-refractivity contribution in [1.29, 1.82) is 0 Å². The van der Waals surface area contributed by atoms with E-state index in [4.69, 9.17) is 0 Å². The van der Waals surface area contributed by atoms with Crippen LogP contribution in [0.3, 0.4) is 0 Å². The number of nitrogens with one attached hydrogen (secondary N) is 1. The number of hydrogen-bond acceptors (Lipinski definition) is 3. The van der Waals surface area contributed by atoms with Crippen LogP contribution in [0.15, 0.2) is 18.2 Å². The van der Waals surface area contributed by atoms with E-state index < -0.39 is 0 Å². The van der Waals surface area contributed by atoms with Gasteiger partial charge in [0.15, 0.2) is 0 Å². The van der Waals surface area contributed by atoms with E-state index in [1.165, 1.54) is 34.9 Å². The van der Waals surface area contributed by atoms with E-state index >= 15 is 0 Å². The number of rotatable bonds is 3. The standard InChI is InChI=1S/C16H26N2S/c1-12-6-7-13(10-14(12)18(4)5)17-15-11-19-9-8-16(15,2)3/h6-7,10,15,17H,8-9,11H2,1-5H3. The normalized spacial score (nSPS) is 22.1. The summed E-state index contributed by atoms with van der Waals surface area (Å²) in [5.74, 6) is 2.50. The zero-order valence-electron chi connectivity index (χ0n) is 12.8. The molecule has 3 heteroatoms. The Balaban J connectivity index is 2.17. The molecule has 1 aliphatic rings. The number of anilines is 2. The van der Waals surface area contributed by atoms with Crippen molar-refractivity contribution < 1.29 is 0 Å². The first kappa shape index (κ1) is 14.6. The van der Waals surface area contributed by atoms with Crippen molar-refractivity contribution in [3.8, 4) is 0 Å². The number of nitrogens with zero attached hydrogens (tertiary/aromatic N) is 1. The highest BCUT2D eigenvalue weighted by Crippen LogP contribution is 2.36. The van der Waals surface area contributed by atoms with Crippen LogP contribution in [0.25, 0.3) is 0 Å². The Morgan fingerprint density at radius 1 is 1.32 bits per heavy atom. The van der Waals surface area contributed by atoms with Crippen LogP contribution in [0.1, 0.15) is 25.8 Å². The molecule has 1 unspecified atom stereocenters. The van der Waals surface area contributed by atoms with Gasteiger partial charge in [-0.05, 0) is 42.2 Å². The van der Waals surface area contributed by atoms with Crippen molar-refractivity contribution in [3.05, 3.63) is 23.8 Å². The second-order valence-electron chi connectivity index (χ2n) is 6.41. The van der Waals surface area contributed by atoms with E-state index in [1.807, 2.05) is 0 Å². The van der Waals surface area contributed by atoms with Crippen LogP contribution < -0.4 is 10.2 Å². The number of aryl methyl sites for hydroxylation is 1. The fourth-order valence-electron chi connectivity index (χ4n) is 2.56. The van der Waals surface area contributed by atoms with Crippen LogP contribution in [-0.2, 0) is 0 Å². The van der Waals surface area contributed by atoms with Crippen LogP contribution in [0.2, 0.25) is 0 Å². The highest BCUT2D eigenvalue weighted by molar-refractivity contribution is 7.99. The Hall–Kier alpha value is -0.830. The van der Waals surface area contributed by atoms with Crippen LogP contribution in [0, 0.1) is 12.3 Å². The average molecular weight is 278 g/mol. The minimum absolute atomic E-state index is 0.383. The molecule has 0 aromatic heterocycles. The lowest BCUT2D eigenvalue weighted by Crippen LogP contribution is -2.41. The topological polar surface area (TPSA) is 15.3 Å². The molecule has 1 saturated heterocycles. The van der Waals surface area contributed by atoms with E-state index in [-0.39, 0.29) is 0 Å². The third-order valence-corrected chi connectivity index (χ3v) is 5.21. The smallest absolute Gasteiger partial charge is 0.0411 e. The maximum atomic E-state index is 3.75. The Morgan fingerprint density at radius 2 is 2.05 bits per heavy atom. The molecule has 0 amide bonds. The Kier molecular flexibility index (Phi) is 4.34. The van der Waals surface area contributed by atoms with Gasteiger partial charge < -0.3 is 10.2 Å². The summed E-state index contributed by atoms with van der Waals surface area (Å²) in [4.78, 5) is 2.18. The van der Waals surface area contributed by atoms with Gasteiger partial charge in [-0.15, -0.1) is 0 Å². The molecule has 2 rings (SSSR count). The summed E-state index contributed by atoms with van der Waals surface area (Å²) >= 11 is 2.07. The van der Waals surface area contributed by atoms with Gasteiger partial charge in [0, 0.05) is 37.3 Å². The summed E-state index contributed by atoms with van der Waals surface area (Å²) in [5.41, 5.74) is 4.25. The van der Waals surface area contributed by atoms with Gasteiger partial charge in [-0.1, -0.05) is 19.9 Å². The predicted octanol–water partition coefficient (Wildman–Crippen LogP) is 4.00. The molecule has 1 atom stereocenters. The lowest BCUT2D eigenvalue weighted by atomic mass is 9.82. The molecule has 0 bridgehead atoms. The third kappa shape index (κ3) is 3.38. The SMILES string of the molecule is Cc1ccc(NC2CSCCC2(C)C)cc1N(C)C. The molecule has 0 saturated carbocycles. The Morgan fingerprint density at radius 3 is 2.68 bits per heavy atom. The van der Waals surface area contributed by atoms with Gasteiger partial charge in [-0.25, -0.2) is 0 Å². The van der Waals surface area contributed by atoms with E-state index in [0.717, 1.165) is 0 Å². The first-order valence-corrected chi connectivity index (χ1v) is 8.18. The largest absolute Gasteiger partial charge is 0.381 e. The summed E-state index contributed by atoms with van der Waals surface area (Å²) in [6, 6.07) is 7.24. The van der Waals surface area contributed by atoms with Crippen molar-refractivity contribution in [3.63, 3.8) is 0 Å². The van der Waals surface area contributed by atoms with E-state index in [9.17, 15) is 0 Å². The zero-order valence-corrected chi connectivity index (χ0v) is 13.6. The molecule has 1 aromatic carbocycles. The van der Waals surface area contributed by atoms with E-state index in [2.05, 4.69) is 75.0 Å². The monoisotopic (exact) mass is 278 g/mol. The van der Waals surface area contributed by atoms with Crippen LogP contribution in [-0.4, -0.2) is 31.6 Å². The summed E-state index contributed by atoms with van der Waals surface area (Å²) in [5, 5.41) is 3.75. The molecule has 106 valence electrons. The van der Waals surface area contributed by atoms with Crippen LogP contribution >= 0.6 is 11.8 Å². The number of thioether (sulfide) groups is 1. The molecule has 1 heterocycles. The lowest BCUT2D eigenvalue weighted by molar-refractivity contribution is 0.305. The number of benzene rings is 1. The number of hydrogen-bond donors (Lipinski definition) is 1. The fourth-order valence-corrected chi connectivity index (χ4v) is 4.16. The van der Waals surface area contributed by atoms with Gasteiger partial charge >= 0.3 is 0 Å². The first-order chi connectivity index (χ1) is 8.90. The second kappa shape index (κ2) is 5.66. The van der Waals surface area contributed by atoms with Gasteiger partial charge in [-0.2, -0.15) is 11.8 Å². The average Bonchev–Trinajstić information content (AvgIpc) is 2.33. The maximum absolute atomic E-state index is 3.75. The van der Waals surface area contributed by atoms with E-state index in [0.29, 0.717) is 11.5 Å². The second-order valence-corrected chi connectivity index (χ2v) is 7.56. The molecule has 2 nitrogen and oxygen atoms in total. The van der Waals surface area contributed by atoms with Gasteiger partial charge in [0.05, 0.1) is 0 Å². The summed E-state index contributed by atoms with van der Waals surface area (Å²) in [6.07, 6.45) is 1.29. The predicted molar refractivity (Wildman–Crippen MR) is 88.6 cm³/mol. The minimum Gasteiger partial charge on any atom is -0.381 e. The van der Waals surface area contributed by atoms with Gasteiger partial charge in [0.2, 0.25) is 0 Å². The van der Waals surface area contributed by atoms with Crippen LogP contribution in [0.4, 0.5) is 11.4 Å². The van der Waals surface area contributed by atoms with Crippen molar-refractivity contribution >= 4 is 23.1 Å². The van der Waals surface area contributed by atoms with Gasteiger partial charge in [0.1, 0.15) is 0 Å². The van der Waals surface area contributed by atoms with Gasteiger partial charge in [0.25, 0.3) is 0 Å². The lowest BCUT2D eigenvalue weighted by Gasteiger charge is -2.39. The Bertz CT molecular complexity index is 440. The minimum atomic E-state index is 0.383. The molecular formula is C16H26N2S. The van der Waals surface area contributed by atoms with Crippen molar-refractivity contribution in [2.75, 3.05) is 35.8 Å². The van der Waals surface area contributed by atoms with Crippen molar-refractivity contribution in [2.24, 2.45) is 5.41 Å². The quantitative estimate of drug-likeness (QED) is 0.899. The van der Waals surface area contributed by atoms with E-state index in [1.54, 1.807) is 0 Å². The molecule has 0 spiro atoms. The molecule has 1 fully saturated rings. The maximum Gasteiger partial charge on any atom is 0.0411 e. The molecule has 1 aliphatic heterocycles. The van der Waals surface area contributed by atoms with Crippen molar-refractivity contribution in [2.45, 2.75) is 33.2 Å². The van der Waals surface area contributed by atoms with Crippen molar-refractivity contribution in [1.82, 2.24) is 0 Å². The molecule has 19 heavy (non-hydrogen) atoms. The molecular weight excluding hydrogens is 252 g/mol. The molecule has 1 aromatic rings. The fraction of sp³-hybridized carbons (Fsp3) is 0.625. The third-order valence-electron chi connectivity index (χ3n) is 4.15. The van der Waals surface area contributed by atoms with Crippen LogP contribution in [0.5, 0.6) is 0 Å². The summed E-state index contributed by atoms with van der Waals surface area (Å²) in [7, 11) is 4.21. The zero-order chi connectivity index (χ0) is 14.0. The highest BCUT2D eigenvalue weighted by atomic mass is 32.2. The van der Waals surface area contributed by atoms with Gasteiger partial charge in [-0.3, -0.25) is 0 Å². The first-order valence-electron chi connectivity index (χ1n) is 7.02.